The number of ether oxygens (including phenoxy) is 4. The van der Waals surface area contributed by atoms with E-state index in [2.05, 4.69) is 111 Å². The average Bonchev–Trinajstić information content (AvgIpc) is 3.24. The number of ketones is 3. The maximum atomic E-state index is 13.5. The number of rotatable bonds is 31. The lowest BCUT2D eigenvalue weighted by atomic mass is 9.65. The van der Waals surface area contributed by atoms with Gasteiger partial charge in [-0.15, -0.1) is 0 Å². The molecular formula is C56H88O11S4. The van der Waals surface area contributed by atoms with Gasteiger partial charge in [-0.3, -0.25) is 33.6 Å². The zero-order valence-corrected chi connectivity index (χ0v) is 48.4. The standard InChI is InChI=1S/C56H88O11S4/c1-37-16-13-23-53(7,8)50(37)43(57)30-40(4)69-27-20-47(61)65-34-56(33-64-46(60)19-26-68,35-66-48(62)21-28-70-41(5)31-44(58)51-38(2)17-14-24-54(51,9)10)36-67-49(63)22-29-71-42(6)32-45(59)52-39(3)18-15-25-55(52,11)12/h13-18,37-42,50-52,68H,19-36H2,1-12H3/t37-,38?,39?,40+,41-,42?,50-,51?,52?,56?/m1/s1. The molecule has 11 nitrogen and oxygen atoms in total. The summed E-state index contributed by atoms with van der Waals surface area (Å²) in [6.07, 6.45) is 16.7. The van der Waals surface area contributed by atoms with Gasteiger partial charge in [0.2, 0.25) is 0 Å². The fourth-order valence-corrected chi connectivity index (χ4v) is 13.9. The third-order valence-corrected chi connectivity index (χ3v) is 18.2. The Labute approximate surface area is 445 Å². The molecule has 0 amide bonds. The second-order valence-electron chi connectivity index (χ2n) is 22.8. The summed E-state index contributed by atoms with van der Waals surface area (Å²) in [4.78, 5) is 93.1. The van der Waals surface area contributed by atoms with E-state index in [-0.39, 0.29) is 143 Å². The first-order valence-electron chi connectivity index (χ1n) is 25.9. The van der Waals surface area contributed by atoms with Crippen molar-refractivity contribution in [1.82, 2.24) is 0 Å². The van der Waals surface area contributed by atoms with Crippen molar-refractivity contribution in [2.45, 2.75) is 163 Å². The lowest BCUT2D eigenvalue weighted by Crippen LogP contribution is -2.44. The third kappa shape index (κ3) is 21.0. The minimum atomic E-state index is -1.44. The van der Waals surface area contributed by atoms with E-state index in [0.717, 1.165) is 19.3 Å². The van der Waals surface area contributed by atoms with Gasteiger partial charge in [-0.05, 0) is 53.3 Å². The molecule has 71 heavy (non-hydrogen) atoms. The van der Waals surface area contributed by atoms with E-state index in [9.17, 15) is 33.6 Å². The van der Waals surface area contributed by atoms with E-state index in [4.69, 9.17) is 18.9 Å². The Kier molecular flexibility index (Phi) is 26.1. The van der Waals surface area contributed by atoms with Crippen molar-refractivity contribution in [2.24, 2.45) is 57.2 Å². The number of allylic oxidation sites excluding steroid dienone is 6. The number of esters is 4. The van der Waals surface area contributed by atoms with Gasteiger partial charge in [0, 0.05) is 75.8 Å². The molecule has 3 aliphatic rings. The van der Waals surface area contributed by atoms with Crippen LogP contribution in [0.4, 0.5) is 0 Å². The molecule has 402 valence electrons. The Hall–Kier alpha value is -2.49. The Morgan fingerprint density at radius 2 is 0.746 bits per heavy atom. The number of carbonyl (C=O) groups is 7. The molecule has 0 radical (unpaired) electrons. The number of thioether (sulfide) groups is 3. The minimum Gasteiger partial charge on any atom is -0.465 e. The summed E-state index contributed by atoms with van der Waals surface area (Å²) < 4.78 is 23.1. The fourth-order valence-electron chi connectivity index (χ4n) is 10.8. The molecule has 0 aromatic rings. The monoisotopic (exact) mass is 1060 g/mol. The SMILES string of the molecule is CC(CC(=O)C1C(C)C=CCC1(C)C)SCCC(=O)OCC(COC(=O)CCS)(COC(=O)CCS[C@H](C)CC(=O)C1C(C)C=CCC1(C)C)COC(=O)CCS[C@@H](C)CC(=O)[C@H]1[C@H](C)C=CCC1(C)C. The van der Waals surface area contributed by atoms with Gasteiger partial charge in [-0.25, -0.2) is 0 Å². The molecule has 10 atom stereocenters. The highest BCUT2D eigenvalue weighted by molar-refractivity contribution is 8.00. The lowest BCUT2D eigenvalue weighted by molar-refractivity contribution is -0.170. The molecule has 0 saturated carbocycles. The Bertz CT molecular complexity index is 1700. The van der Waals surface area contributed by atoms with Crippen molar-refractivity contribution in [3.05, 3.63) is 36.5 Å². The number of Topliss-reactive ketones (excluding diaryl/α,β-unsaturated/α-hetero) is 3. The summed E-state index contributed by atoms with van der Waals surface area (Å²) in [7, 11) is 0. The van der Waals surface area contributed by atoms with Crippen molar-refractivity contribution < 1.29 is 52.5 Å². The molecule has 6 unspecified atom stereocenters. The van der Waals surface area contributed by atoms with Crippen LogP contribution >= 0.6 is 47.9 Å². The van der Waals surface area contributed by atoms with Crippen LogP contribution in [-0.4, -0.2) is 106 Å². The normalized spacial score (nSPS) is 25.2. The molecule has 3 rings (SSSR count). The van der Waals surface area contributed by atoms with Crippen LogP contribution in [0.3, 0.4) is 0 Å². The molecule has 0 aromatic carbocycles. The van der Waals surface area contributed by atoms with Gasteiger partial charge in [0.1, 0.15) is 49.2 Å². The quantitative estimate of drug-likeness (QED) is 0.0303. The van der Waals surface area contributed by atoms with Gasteiger partial charge in [0.25, 0.3) is 0 Å². The zero-order chi connectivity index (χ0) is 53.2. The Morgan fingerprint density at radius 1 is 0.493 bits per heavy atom. The van der Waals surface area contributed by atoms with E-state index in [1.807, 2.05) is 20.8 Å². The second kappa shape index (κ2) is 29.6. The second-order valence-corrected chi connectivity index (χ2v) is 27.9. The van der Waals surface area contributed by atoms with Gasteiger partial charge in [-0.1, -0.05) is 120 Å². The molecule has 0 spiro atoms. The van der Waals surface area contributed by atoms with Crippen LogP contribution in [0.1, 0.15) is 147 Å². The first-order chi connectivity index (χ1) is 33.2. The number of hydrogen-bond donors (Lipinski definition) is 1. The lowest BCUT2D eigenvalue weighted by Gasteiger charge is -2.39. The molecule has 0 fully saturated rings. The molecule has 0 aromatic heterocycles. The minimum absolute atomic E-state index is 0.00184. The van der Waals surface area contributed by atoms with E-state index in [0.29, 0.717) is 36.5 Å². The maximum Gasteiger partial charge on any atom is 0.306 e. The largest absolute Gasteiger partial charge is 0.465 e. The van der Waals surface area contributed by atoms with Gasteiger partial charge in [0.05, 0.1) is 25.7 Å². The summed E-state index contributed by atoms with van der Waals surface area (Å²) in [6, 6.07) is 0. The van der Waals surface area contributed by atoms with Crippen LogP contribution in [-0.2, 0) is 52.5 Å². The molecule has 0 N–H and O–H groups in total. The molecule has 0 heterocycles. The van der Waals surface area contributed by atoms with Crippen molar-refractivity contribution in [1.29, 1.82) is 0 Å². The summed E-state index contributed by atoms with van der Waals surface area (Å²) in [5, 5.41) is -0.0640. The predicted molar refractivity (Wildman–Crippen MR) is 294 cm³/mol. The van der Waals surface area contributed by atoms with Crippen molar-refractivity contribution in [3.63, 3.8) is 0 Å². The molecule has 0 bridgehead atoms. The van der Waals surface area contributed by atoms with Crippen molar-refractivity contribution in [3.8, 4) is 0 Å². The third-order valence-electron chi connectivity index (χ3n) is 14.5. The topological polar surface area (TPSA) is 156 Å². The van der Waals surface area contributed by atoms with Gasteiger partial charge in [0.15, 0.2) is 0 Å². The highest BCUT2D eigenvalue weighted by atomic mass is 32.2. The molecule has 0 aliphatic heterocycles. The zero-order valence-electron chi connectivity index (χ0n) is 45.1. The predicted octanol–water partition coefficient (Wildman–Crippen LogP) is 11.6. The number of hydrogen-bond acceptors (Lipinski definition) is 15. The maximum absolute atomic E-state index is 13.5. The summed E-state index contributed by atoms with van der Waals surface area (Å²) in [5.41, 5.74) is -1.81. The molecule has 3 aliphatic carbocycles. The van der Waals surface area contributed by atoms with Crippen LogP contribution in [0.15, 0.2) is 36.5 Å². The first-order valence-corrected chi connectivity index (χ1v) is 29.7. The van der Waals surface area contributed by atoms with E-state index >= 15 is 0 Å². The van der Waals surface area contributed by atoms with Crippen LogP contribution in [0, 0.1) is 57.2 Å². The Balaban J connectivity index is 1.66. The van der Waals surface area contributed by atoms with Crippen LogP contribution < -0.4 is 0 Å². The van der Waals surface area contributed by atoms with Crippen LogP contribution in [0.2, 0.25) is 0 Å². The summed E-state index contributed by atoms with van der Waals surface area (Å²) in [5.74, 6) is 0.144. The van der Waals surface area contributed by atoms with Gasteiger partial charge < -0.3 is 18.9 Å². The smallest absolute Gasteiger partial charge is 0.306 e. The molecule has 15 heteroatoms. The van der Waals surface area contributed by atoms with Crippen molar-refractivity contribution >= 4 is 89.1 Å². The van der Waals surface area contributed by atoms with Crippen LogP contribution in [0.5, 0.6) is 0 Å². The van der Waals surface area contributed by atoms with Gasteiger partial charge in [-0.2, -0.15) is 47.9 Å². The van der Waals surface area contributed by atoms with Crippen molar-refractivity contribution in [2.75, 3.05) is 49.4 Å². The number of carbonyl (C=O) groups excluding carboxylic acids is 7. The fraction of sp³-hybridized carbons (Fsp3) is 0.768. The summed E-state index contributed by atoms with van der Waals surface area (Å²) in [6.45, 7) is 23.5. The highest BCUT2D eigenvalue weighted by Gasteiger charge is 2.43. The van der Waals surface area contributed by atoms with E-state index < -0.39 is 29.3 Å². The van der Waals surface area contributed by atoms with E-state index in [1.165, 1.54) is 35.3 Å². The summed E-state index contributed by atoms with van der Waals surface area (Å²) >= 11 is 8.71. The molecule has 0 saturated heterocycles. The Morgan fingerprint density at radius 3 is 0.986 bits per heavy atom. The van der Waals surface area contributed by atoms with E-state index in [1.54, 1.807) is 0 Å². The first kappa shape index (κ1) is 62.8. The average molecular weight is 1070 g/mol. The number of thiol groups is 1. The van der Waals surface area contributed by atoms with Crippen LogP contribution in [0.25, 0.3) is 0 Å². The molecular weight excluding hydrogens is 977 g/mol. The van der Waals surface area contributed by atoms with Gasteiger partial charge >= 0.3 is 23.9 Å². The highest BCUT2D eigenvalue weighted by Crippen LogP contribution is 2.44.